The minimum atomic E-state index is -1.24. The molecule has 0 spiro atoms. The normalized spacial score (nSPS) is 15.6. The van der Waals surface area contributed by atoms with Gasteiger partial charge in [-0.25, -0.2) is 0 Å². The average molecular weight is 316 g/mol. The van der Waals surface area contributed by atoms with E-state index in [1.54, 1.807) is 14.0 Å². The standard InChI is InChI=1S/C15H24O5S/c1-12-4-6-14(7-5-12)21(17)10-15(16)13(2)20-11-19-9-8-18-3/h4-7,13,15-16H,8-11H2,1-3H3/t13-,15-,21-/m0/s1. The van der Waals surface area contributed by atoms with E-state index in [9.17, 15) is 9.32 Å². The van der Waals surface area contributed by atoms with Crippen LogP contribution < -0.4 is 0 Å². The highest BCUT2D eigenvalue weighted by molar-refractivity contribution is 7.85. The van der Waals surface area contributed by atoms with Crippen LogP contribution in [-0.2, 0) is 25.0 Å². The molecule has 3 atom stereocenters. The molecule has 0 saturated carbocycles. The molecule has 21 heavy (non-hydrogen) atoms. The zero-order chi connectivity index (χ0) is 15.7. The number of hydrogen-bond acceptors (Lipinski definition) is 5. The van der Waals surface area contributed by atoms with Crippen LogP contribution >= 0.6 is 0 Å². The number of ether oxygens (including phenoxy) is 3. The first-order valence-corrected chi connectivity index (χ1v) is 8.18. The summed E-state index contributed by atoms with van der Waals surface area (Å²) < 4.78 is 27.5. The summed E-state index contributed by atoms with van der Waals surface area (Å²) in [5.41, 5.74) is 1.11. The van der Waals surface area contributed by atoms with Crippen LogP contribution in [0.4, 0.5) is 0 Å². The fraction of sp³-hybridized carbons (Fsp3) is 0.600. The molecule has 0 unspecified atom stereocenters. The van der Waals surface area contributed by atoms with Crippen LogP contribution in [0.3, 0.4) is 0 Å². The van der Waals surface area contributed by atoms with Crippen LogP contribution in [0.15, 0.2) is 29.2 Å². The predicted octanol–water partition coefficient (Wildman–Crippen LogP) is 1.49. The Labute approximate surface area is 128 Å². The highest BCUT2D eigenvalue weighted by Gasteiger charge is 2.18. The van der Waals surface area contributed by atoms with Crippen molar-refractivity contribution in [2.75, 3.05) is 32.9 Å². The van der Waals surface area contributed by atoms with E-state index in [0.29, 0.717) is 18.1 Å². The molecule has 0 aliphatic carbocycles. The lowest BCUT2D eigenvalue weighted by Gasteiger charge is -2.19. The Balaban J connectivity index is 2.32. The summed E-state index contributed by atoms with van der Waals surface area (Å²) in [5, 5.41) is 10.0. The van der Waals surface area contributed by atoms with Gasteiger partial charge in [-0.05, 0) is 26.0 Å². The van der Waals surface area contributed by atoms with Gasteiger partial charge in [-0.3, -0.25) is 4.21 Å². The highest BCUT2D eigenvalue weighted by Crippen LogP contribution is 2.11. The van der Waals surface area contributed by atoms with E-state index in [-0.39, 0.29) is 12.5 Å². The van der Waals surface area contributed by atoms with Gasteiger partial charge in [0.1, 0.15) is 6.79 Å². The van der Waals surface area contributed by atoms with E-state index in [1.165, 1.54) is 0 Å². The molecule has 5 nitrogen and oxygen atoms in total. The third kappa shape index (κ3) is 7.15. The van der Waals surface area contributed by atoms with Gasteiger partial charge in [0, 0.05) is 12.0 Å². The molecular weight excluding hydrogens is 292 g/mol. The third-order valence-corrected chi connectivity index (χ3v) is 4.44. The van der Waals surface area contributed by atoms with Crippen molar-refractivity contribution in [3.63, 3.8) is 0 Å². The number of aliphatic hydroxyl groups is 1. The molecule has 1 N–H and O–H groups in total. The lowest BCUT2D eigenvalue weighted by Crippen LogP contribution is -2.32. The van der Waals surface area contributed by atoms with Gasteiger partial charge in [0.2, 0.25) is 0 Å². The lowest BCUT2D eigenvalue weighted by atomic mass is 10.2. The van der Waals surface area contributed by atoms with Crippen LogP contribution in [0.25, 0.3) is 0 Å². The summed E-state index contributed by atoms with van der Waals surface area (Å²) in [4.78, 5) is 0.711. The van der Waals surface area contributed by atoms with Crippen molar-refractivity contribution in [2.24, 2.45) is 0 Å². The Kier molecular flexibility index (Phi) is 8.72. The molecule has 0 fully saturated rings. The molecule has 6 heteroatoms. The zero-order valence-corrected chi connectivity index (χ0v) is 13.6. The summed E-state index contributed by atoms with van der Waals surface area (Å²) in [5.74, 6) is 0.141. The molecule has 0 radical (unpaired) electrons. The van der Waals surface area contributed by atoms with Crippen LogP contribution in [0.5, 0.6) is 0 Å². The van der Waals surface area contributed by atoms with E-state index in [0.717, 1.165) is 5.56 Å². The topological polar surface area (TPSA) is 65.0 Å². The second-order valence-electron chi connectivity index (χ2n) is 4.78. The van der Waals surface area contributed by atoms with E-state index in [2.05, 4.69) is 0 Å². The lowest BCUT2D eigenvalue weighted by molar-refractivity contribution is -0.118. The summed E-state index contributed by atoms with van der Waals surface area (Å²) in [6.07, 6.45) is -1.25. The van der Waals surface area contributed by atoms with Gasteiger partial charge in [0.25, 0.3) is 0 Å². The molecule has 120 valence electrons. The number of aryl methyl sites for hydroxylation is 1. The van der Waals surface area contributed by atoms with Crippen molar-refractivity contribution < 1.29 is 23.5 Å². The van der Waals surface area contributed by atoms with Crippen molar-refractivity contribution in [3.8, 4) is 0 Å². The van der Waals surface area contributed by atoms with Gasteiger partial charge >= 0.3 is 0 Å². The fourth-order valence-electron chi connectivity index (χ4n) is 1.54. The van der Waals surface area contributed by atoms with Crippen molar-refractivity contribution in [3.05, 3.63) is 29.8 Å². The second kappa shape index (κ2) is 10.0. The number of aliphatic hydroxyl groups excluding tert-OH is 1. The smallest absolute Gasteiger partial charge is 0.147 e. The summed E-state index contributed by atoms with van der Waals surface area (Å²) in [7, 11) is 0.351. The van der Waals surface area contributed by atoms with Crippen LogP contribution in [0, 0.1) is 6.92 Å². The molecule has 0 aromatic heterocycles. The molecule has 0 bridgehead atoms. The minimum absolute atomic E-state index is 0.0821. The maximum atomic E-state index is 12.1. The van der Waals surface area contributed by atoms with Crippen molar-refractivity contribution in [1.82, 2.24) is 0 Å². The fourth-order valence-corrected chi connectivity index (χ4v) is 2.76. The quantitative estimate of drug-likeness (QED) is 0.523. The second-order valence-corrected chi connectivity index (χ2v) is 6.28. The number of hydrogen-bond donors (Lipinski definition) is 1. The Morgan fingerprint density at radius 2 is 1.90 bits per heavy atom. The first-order valence-electron chi connectivity index (χ1n) is 6.86. The maximum Gasteiger partial charge on any atom is 0.147 e. The summed E-state index contributed by atoms with van der Waals surface area (Å²) in [6, 6.07) is 7.45. The van der Waals surface area contributed by atoms with Gasteiger partial charge in [0.05, 0.1) is 42.0 Å². The first-order chi connectivity index (χ1) is 10.0. The van der Waals surface area contributed by atoms with Gasteiger partial charge in [-0.1, -0.05) is 17.7 Å². The Morgan fingerprint density at radius 3 is 2.52 bits per heavy atom. The van der Waals surface area contributed by atoms with Crippen LogP contribution in [0.1, 0.15) is 12.5 Å². The maximum absolute atomic E-state index is 12.1. The van der Waals surface area contributed by atoms with E-state index in [1.807, 2.05) is 31.2 Å². The number of methoxy groups -OCH3 is 1. The molecule has 0 heterocycles. The Hall–Kier alpha value is -0.790. The van der Waals surface area contributed by atoms with Gasteiger partial charge in [-0.2, -0.15) is 0 Å². The van der Waals surface area contributed by atoms with E-state index >= 15 is 0 Å². The van der Waals surface area contributed by atoms with Crippen LogP contribution in [0.2, 0.25) is 0 Å². The van der Waals surface area contributed by atoms with Crippen molar-refractivity contribution >= 4 is 10.8 Å². The van der Waals surface area contributed by atoms with Gasteiger partial charge in [0.15, 0.2) is 0 Å². The number of benzene rings is 1. The van der Waals surface area contributed by atoms with Crippen LogP contribution in [-0.4, -0.2) is 54.4 Å². The van der Waals surface area contributed by atoms with E-state index < -0.39 is 23.0 Å². The first kappa shape index (κ1) is 18.3. The van der Waals surface area contributed by atoms with Crippen molar-refractivity contribution in [1.29, 1.82) is 0 Å². The molecule has 0 saturated heterocycles. The highest BCUT2D eigenvalue weighted by atomic mass is 32.2. The average Bonchev–Trinajstić information content (AvgIpc) is 2.47. The summed E-state index contributed by atoms with van der Waals surface area (Å²) in [6.45, 7) is 4.73. The Morgan fingerprint density at radius 1 is 1.24 bits per heavy atom. The monoisotopic (exact) mass is 316 g/mol. The SMILES string of the molecule is COCCOCO[C@@H](C)[C@@H](O)C[S@](=O)c1ccc(C)cc1. The molecule has 0 amide bonds. The molecule has 1 aromatic rings. The van der Waals surface area contributed by atoms with Gasteiger partial charge in [-0.15, -0.1) is 0 Å². The molecular formula is C15H24O5S. The minimum Gasteiger partial charge on any atom is -0.389 e. The molecule has 1 rings (SSSR count). The summed E-state index contributed by atoms with van der Waals surface area (Å²) >= 11 is 0. The zero-order valence-electron chi connectivity index (χ0n) is 12.8. The predicted molar refractivity (Wildman–Crippen MR) is 81.7 cm³/mol. The molecule has 0 aliphatic rings. The largest absolute Gasteiger partial charge is 0.389 e. The third-order valence-electron chi connectivity index (χ3n) is 2.99. The molecule has 0 aliphatic heterocycles. The van der Waals surface area contributed by atoms with Crippen molar-refractivity contribution in [2.45, 2.75) is 31.0 Å². The number of rotatable bonds is 10. The van der Waals surface area contributed by atoms with Gasteiger partial charge < -0.3 is 19.3 Å². The Bertz CT molecular complexity index is 421. The van der Waals surface area contributed by atoms with E-state index in [4.69, 9.17) is 14.2 Å². The molecule has 1 aromatic carbocycles.